The van der Waals surface area contributed by atoms with E-state index in [4.69, 9.17) is 15.0 Å². The van der Waals surface area contributed by atoms with E-state index in [9.17, 15) is 5.11 Å². The van der Waals surface area contributed by atoms with Gasteiger partial charge in [-0.3, -0.25) is 0 Å². The first-order valence-electron chi connectivity index (χ1n) is 5.99. The number of aromatic nitrogens is 2. The number of benzene rings is 1. The summed E-state index contributed by atoms with van der Waals surface area (Å²) in [7, 11) is 0. The normalized spacial score (nSPS) is 15.7. The first-order chi connectivity index (χ1) is 9.24. The van der Waals surface area contributed by atoms with Crippen molar-refractivity contribution in [2.75, 3.05) is 36.9 Å². The van der Waals surface area contributed by atoms with Gasteiger partial charge < -0.3 is 25.0 Å². The standard InChI is InChI=1S/C12H14N4O3/c13-9-7-8(1-2-10(9)17)11-14-12(15-19-11)16-3-5-18-6-4-16/h1-2,7,17H,3-6,13H2. The van der Waals surface area contributed by atoms with Crippen LogP contribution in [0.3, 0.4) is 0 Å². The summed E-state index contributed by atoms with van der Waals surface area (Å²) in [6.07, 6.45) is 0. The van der Waals surface area contributed by atoms with E-state index in [-0.39, 0.29) is 11.4 Å². The average Bonchev–Trinajstić information content (AvgIpc) is 2.93. The minimum absolute atomic E-state index is 0.0386. The zero-order valence-electron chi connectivity index (χ0n) is 10.2. The Morgan fingerprint density at radius 3 is 2.79 bits per heavy atom. The fraction of sp³-hybridized carbons (Fsp3) is 0.333. The van der Waals surface area contributed by atoms with E-state index in [1.807, 2.05) is 4.90 Å². The van der Waals surface area contributed by atoms with Gasteiger partial charge in [-0.05, 0) is 23.4 Å². The van der Waals surface area contributed by atoms with Crippen LogP contribution in [0.2, 0.25) is 0 Å². The number of rotatable bonds is 2. The summed E-state index contributed by atoms with van der Waals surface area (Å²) in [5.74, 6) is 0.967. The molecule has 2 heterocycles. The molecule has 3 N–H and O–H groups in total. The Morgan fingerprint density at radius 1 is 1.26 bits per heavy atom. The highest BCUT2D eigenvalue weighted by Crippen LogP contribution is 2.27. The number of hydrogen-bond donors (Lipinski definition) is 2. The maximum Gasteiger partial charge on any atom is 0.266 e. The zero-order chi connectivity index (χ0) is 13.2. The Balaban J connectivity index is 1.85. The molecule has 0 atom stereocenters. The number of ether oxygens (including phenoxy) is 1. The van der Waals surface area contributed by atoms with Crippen molar-refractivity contribution in [3.05, 3.63) is 18.2 Å². The van der Waals surface area contributed by atoms with Gasteiger partial charge in [-0.15, -0.1) is 0 Å². The number of anilines is 2. The molecule has 2 aromatic rings. The average molecular weight is 262 g/mol. The van der Waals surface area contributed by atoms with Crippen LogP contribution in [0.25, 0.3) is 11.5 Å². The van der Waals surface area contributed by atoms with Gasteiger partial charge in [0.2, 0.25) is 0 Å². The molecule has 0 aliphatic carbocycles. The minimum Gasteiger partial charge on any atom is -0.506 e. The number of nitrogens with zero attached hydrogens (tertiary/aromatic N) is 3. The van der Waals surface area contributed by atoms with E-state index in [2.05, 4.69) is 10.1 Å². The molecule has 7 nitrogen and oxygen atoms in total. The third-order valence-electron chi connectivity index (χ3n) is 2.98. The molecule has 100 valence electrons. The van der Waals surface area contributed by atoms with Gasteiger partial charge in [0.15, 0.2) is 0 Å². The highest BCUT2D eigenvalue weighted by Gasteiger charge is 2.18. The molecule has 0 spiro atoms. The highest BCUT2D eigenvalue weighted by atomic mass is 16.5. The van der Waals surface area contributed by atoms with Crippen LogP contribution < -0.4 is 10.6 Å². The molecule has 3 rings (SSSR count). The summed E-state index contributed by atoms with van der Waals surface area (Å²) in [6, 6.07) is 4.79. The van der Waals surface area contributed by atoms with E-state index < -0.39 is 0 Å². The van der Waals surface area contributed by atoms with Gasteiger partial charge in [0, 0.05) is 18.7 Å². The van der Waals surface area contributed by atoms with Crippen molar-refractivity contribution in [1.29, 1.82) is 0 Å². The Labute approximate surface area is 109 Å². The van der Waals surface area contributed by atoms with E-state index in [0.717, 1.165) is 13.1 Å². The quantitative estimate of drug-likeness (QED) is 0.611. The number of phenolic OH excluding ortho intramolecular Hbond substituents is 1. The third-order valence-corrected chi connectivity index (χ3v) is 2.98. The first-order valence-corrected chi connectivity index (χ1v) is 5.99. The molecule has 0 radical (unpaired) electrons. The molecule has 1 saturated heterocycles. The Morgan fingerprint density at radius 2 is 2.05 bits per heavy atom. The molecular weight excluding hydrogens is 248 g/mol. The largest absolute Gasteiger partial charge is 0.506 e. The lowest BCUT2D eigenvalue weighted by Gasteiger charge is -2.24. The van der Waals surface area contributed by atoms with Gasteiger partial charge in [-0.2, -0.15) is 4.98 Å². The van der Waals surface area contributed by atoms with Crippen LogP contribution in [-0.4, -0.2) is 41.6 Å². The second-order valence-electron chi connectivity index (χ2n) is 4.27. The first kappa shape index (κ1) is 11.8. The summed E-state index contributed by atoms with van der Waals surface area (Å²) in [5.41, 5.74) is 6.60. The Kier molecular flexibility index (Phi) is 2.96. The molecule has 0 saturated carbocycles. The van der Waals surface area contributed by atoms with Gasteiger partial charge in [0.1, 0.15) is 5.75 Å². The molecular formula is C12H14N4O3. The lowest BCUT2D eigenvalue weighted by Crippen LogP contribution is -2.36. The predicted octanol–water partition coefficient (Wildman–Crippen LogP) is 0.861. The van der Waals surface area contributed by atoms with Gasteiger partial charge in [0.05, 0.1) is 18.9 Å². The number of phenols is 1. The SMILES string of the molecule is Nc1cc(-c2nc(N3CCOCC3)no2)ccc1O. The lowest BCUT2D eigenvalue weighted by molar-refractivity contribution is 0.121. The minimum atomic E-state index is 0.0386. The van der Waals surface area contributed by atoms with Crippen molar-refractivity contribution in [3.8, 4) is 17.2 Å². The van der Waals surface area contributed by atoms with Crippen molar-refractivity contribution in [2.45, 2.75) is 0 Å². The summed E-state index contributed by atoms with van der Waals surface area (Å²) in [4.78, 5) is 6.33. The zero-order valence-corrected chi connectivity index (χ0v) is 10.2. The van der Waals surface area contributed by atoms with Crippen LogP contribution in [0, 0.1) is 0 Å². The topological polar surface area (TPSA) is 97.6 Å². The van der Waals surface area contributed by atoms with Crippen molar-refractivity contribution in [1.82, 2.24) is 10.1 Å². The van der Waals surface area contributed by atoms with Gasteiger partial charge in [-0.1, -0.05) is 0 Å². The van der Waals surface area contributed by atoms with Crippen LogP contribution in [0.4, 0.5) is 11.6 Å². The molecule has 1 fully saturated rings. The summed E-state index contributed by atoms with van der Waals surface area (Å²) in [6.45, 7) is 2.82. The van der Waals surface area contributed by atoms with Gasteiger partial charge in [0.25, 0.3) is 11.8 Å². The van der Waals surface area contributed by atoms with Gasteiger partial charge in [-0.25, -0.2) is 0 Å². The second kappa shape index (κ2) is 4.77. The molecule has 1 aromatic carbocycles. The fourth-order valence-electron chi connectivity index (χ4n) is 1.91. The molecule has 19 heavy (non-hydrogen) atoms. The summed E-state index contributed by atoms with van der Waals surface area (Å²) >= 11 is 0. The van der Waals surface area contributed by atoms with Crippen LogP contribution in [0.5, 0.6) is 5.75 Å². The third kappa shape index (κ3) is 2.32. The van der Waals surface area contributed by atoms with E-state index in [1.54, 1.807) is 12.1 Å². The number of nitrogen functional groups attached to an aromatic ring is 1. The predicted molar refractivity (Wildman–Crippen MR) is 68.8 cm³/mol. The Bertz CT molecular complexity index is 578. The molecule has 1 aliphatic rings. The molecule has 0 unspecified atom stereocenters. The number of nitrogens with two attached hydrogens (primary N) is 1. The maximum absolute atomic E-state index is 9.39. The van der Waals surface area contributed by atoms with E-state index >= 15 is 0 Å². The number of aromatic hydroxyl groups is 1. The molecule has 1 aromatic heterocycles. The smallest absolute Gasteiger partial charge is 0.266 e. The van der Waals surface area contributed by atoms with Crippen LogP contribution >= 0.6 is 0 Å². The van der Waals surface area contributed by atoms with Gasteiger partial charge >= 0.3 is 0 Å². The number of morpholine rings is 1. The molecule has 7 heteroatoms. The molecule has 0 bridgehead atoms. The highest BCUT2D eigenvalue weighted by molar-refractivity contribution is 5.65. The Hall–Kier alpha value is -2.28. The van der Waals surface area contributed by atoms with Crippen molar-refractivity contribution in [3.63, 3.8) is 0 Å². The summed E-state index contributed by atoms with van der Waals surface area (Å²) < 4.78 is 10.5. The van der Waals surface area contributed by atoms with E-state index in [1.165, 1.54) is 6.07 Å². The lowest BCUT2D eigenvalue weighted by atomic mass is 10.2. The summed E-state index contributed by atoms with van der Waals surface area (Å²) in [5, 5.41) is 13.3. The monoisotopic (exact) mass is 262 g/mol. The van der Waals surface area contributed by atoms with Crippen LogP contribution in [0.15, 0.2) is 22.7 Å². The van der Waals surface area contributed by atoms with Crippen LogP contribution in [-0.2, 0) is 4.74 Å². The van der Waals surface area contributed by atoms with Crippen molar-refractivity contribution in [2.24, 2.45) is 0 Å². The fourth-order valence-corrected chi connectivity index (χ4v) is 1.91. The van der Waals surface area contributed by atoms with E-state index in [0.29, 0.717) is 30.6 Å². The molecule has 1 aliphatic heterocycles. The molecule has 0 amide bonds. The van der Waals surface area contributed by atoms with Crippen LogP contribution in [0.1, 0.15) is 0 Å². The van der Waals surface area contributed by atoms with Crippen molar-refractivity contribution < 1.29 is 14.4 Å². The maximum atomic E-state index is 9.39. The number of hydrogen-bond acceptors (Lipinski definition) is 7. The van der Waals surface area contributed by atoms with Crippen molar-refractivity contribution >= 4 is 11.6 Å². The second-order valence-corrected chi connectivity index (χ2v) is 4.27.